The highest BCUT2D eigenvalue weighted by molar-refractivity contribution is 7.86. The van der Waals surface area contributed by atoms with Crippen molar-refractivity contribution in [3.8, 4) is 0 Å². The molecule has 130 valence electrons. The summed E-state index contributed by atoms with van der Waals surface area (Å²) in [5, 5.41) is 0. The second-order valence-electron chi connectivity index (χ2n) is 4.91. The van der Waals surface area contributed by atoms with Gasteiger partial charge in [-0.15, -0.1) is 0 Å². The Balaban J connectivity index is 1.92. The van der Waals surface area contributed by atoms with Crippen molar-refractivity contribution in [2.75, 3.05) is 0 Å². The lowest BCUT2D eigenvalue weighted by molar-refractivity contribution is 0.477. The molecule has 0 fully saturated rings. The summed E-state index contributed by atoms with van der Waals surface area (Å²) in [6, 6.07) is 11.7. The first-order valence-corrected chi connectivity index (χ1v) is 9.63. The van der Waals surface area contributed by atoms with Gasteiger partial charge in [-0.2, -0.15) is 16.8 Å². The van der Waals surface area contributed by atoms with Gasteiger partial charge in [0.2, 0.25) is 0 Å². The fourth-order valence-corrected chi connectivity index (χ4v) is 3.21. The molecule has 4 N–H and O–H groups in total. The van der Waals surface area contributed by atoms with Crippen LogP contribution in [0.5, 0.6) is 0 Å². The van der Waals surface area contributed by atoms with Gasteiger partial charge in [0.25, 0.3) is 20.2 Å². The predicted octanol–water partition coefficient (Wildman–Crippen LogP) is 0.974. The molecule has 0 saturated heterocycles. The summed E-state index contributed by atoms with van der Waals surface area (Å²) in [4.78, 5) is -0.363. The van der Waals surface area contributed by atoms with Gasteiger partial charge in [-0.25, -0.2) is 0 Å². The Morgan fingerprint density at radius 2 is 1.33 bits per heavy atom. The van der Waals surface area contributed by atoms with Crippen LogP contribution in [-0.4, -0.2) is 25.9 Å². The third-order valence-corrected chi connectivity index (χ3v) is 4.99. The van der Waals surface area contributed by atoms with Crippen LogP contribution < -0.4 is 10.9 Å². The Hall–Kier alpha value is -1.82. The number of hydrogen-bond acceptors (Lipinski definition) is 6. The highest BCUT2D eigenvalue weighted by atomic mass is 32.2. The van der Waals surface area contributed by atoms with E-state index in [0.29, 0.717) is 12.1 Å². The van der Waals surface area contributed by atoms with Crippen LogP contribution >= 0.6 is 0 Å². The molecule has 2 aromatic carbocycles. The van der Waals surface area contributed by atoms with E-state index in [0.717, 1.165) is 5.56 Å². The molecule has 0 radical (unpaired) electrons. The number of hydrogen-bond donors (Lipinski definition) is 4. The Morgan fingerprint density at radius 1 is 0.750 bits per heavy atom. The maximum Gasteiger partial charge on any atom is 0.294 e. The van der Waals surface area contributed by atoms with E-state index in [4.69, 9.17) is 9.11 Å². The average molecular weight is 372 g/mol. The SMILES string of the molecule is O=S(=O)(O)c1ccc(CNNCc2ccccc2S(=O)(=O)O)cc1. The van der Waals surface area contributed by atoms with Crippen molar-refractivity contribution < 1.29 is 25.9 Å². The fraction of sp³-hybridized carbons (Fsp3) is 0.143. The van der Waals surface area contributed by atoms with E-state index in [1.54, 1.807) is 12.1 Å². The molecule has 0 aliphatic carbocycles. The van der Waals surface area contributed by atoms with Crippen molar-refractivity contribution in [3.63, 3.8) is 0 Å². The third kappa shape index (κ3) is 5.09. The molecule has 2 aromatic rings. The Labute approximate surface area is 140 Å². The first-order valence-electron chi connectivity index (χ1n) is 6.75. The van der Waals surface area contributed by atoms with Crippen LogP contribution in [0.2, 0.25) is 0 Å². The highest BCUT2D eigenvalue weighted by Gasteiger charge is 2.14. The second-order valence-corrected chi connectivity index (χ2v) is 7.72. The smallest absolute Gasteiger partial charge is 0.282 e. The van der Waals surface area contributed by atoms with E-state index in [1.807, 2.05) is 0 Å². The predicted molar refractivity (Wildman–Crippen MR) is 86.2 cm³/mol. The number of nitrogens with one attached hydrogen (secondary N) is 2. The molecule has 0 aliphatic heterocycles. The zero-order chi connectivity index (χ0) is 17.8. The third-order valence-electron chi connectivity index (χ3n) is 3.17. The standard InChI is InChI=1S/C14H16N2O6S2/c17-23(18,19)13-7-5-11(6-8-13)9-15-16-10-12-3-1-2-4-14(12)24(20,21)22/h1-8,15-16H,9-10H2,(H,17,18,19)(H,20,21,22). The minimum Gasteiger partial charge on any atom is -0.282 e. The van der Waals surface area contributed by atoms with Gasteiger partial charge < -0.3 is 0 Å². The number of hydrazine groups is 1. The largest absolute Gasteiger partial charge is 0.294 e. The zero-order valence-corrected chi connectivity index (χ0v) is 14.0. The van der Waals surface area contributed by atoms with Crippen LogP contribution in [-0.2, 0) is 33.3 Å². The monoisotopic (exact) mass is 372 g/mol. The average Bonchev–Trinajstić information content (AvgIpc) is 2.50. The van der Waals surface area contributed by atoms with Gasteiger partial charge in [0.1, 0.15) is 0 Å². The molecule has 0 atom stereocenters. The van der Waals surface area contributed by atoms with Crippen molar-refractivity contribution in [1.29, 1.82) is 0 Å². The lowest BCUT2D eigenvalue weighted by atomic mass is 10.2. The van der Waals surface area contributed by atoms with E-state index in [-0.39, 0.29) is 16.3 Å². The van der Waals surface area contributed by atoms with Crippen LogP contribution in [0.3, 0.4) is 0 Å². The molecule has 0 aliphatic rings. The van der Waals surface area contributed by atoms with E-state index in [2.05, 4.69) is 10.9 Å². The van der Waals surface area contributed by atoms with Crippen LogP contribution in [0, 0.1) is 0 Å². The Morgan fingerprint density at radius 3 is 1.92 bits per heavy atom. The van der Waals surface area contributed by atoms with E-state index in [1.165, 1.54) is 36.4 Å². The van der Waals surface area contributed by atoms with Crippen molar-refractivity contribution in [2.24, 2.45) is 0 Å². The first-order chi connectivity index (χ1) is 11.2. The molecule has 0 amide bonds. The molecule has 10 heteroatoms. The van der Waals surface area contributed by atoms with Gasteiger partial charge >= 0.3 is 0 Å². The summed E-state index contributed by atoms with van der Waals surface area (Å²) in [6.45, 7) is 0.485. The number of benzene rings is 2. The lowest BCUT2D eigenvalue weighted by Gasteiger charge is -2.10. The molecule has 0 aromatic heterocycles. The molecule has 24 heavy (non-hydrogen) atoms. The van der Waals surface area contributed by atoms with Gasteiger partial charge in [-0.3, -0.25) is 20.0 Å². The molecule has 0 spiro atoms. The molecule has 0 unspecified atom stereocenters. The van der Waals surface area contributed by atoms with Gasteiger partial charge in [-0.05, 0) is 29.3 Å². The van der Waals surface area contributed by atoms with Gasteiger partial charge in [0.05, 0.1) is 9.79 Å². The van der Waals surface area contributed by atoms with E-state index in [9.17, 15) is 16.8 Å². The van der Waals surface area contributed by atoms with Crippen molar-refractivity contribution in [2.45, 2.75) is 22.9 Å². The minimum absolute atomic E-state index is 0.152. The minimum atomic E-state index is -4.29. The Kier molecular flexibility index (Phi) is 5.70. The van der Waals surface area contributed by atoms with E-state index >= 15 is 0 Å². The summed E-state index contributed by atoms with van der Waals surface area (Å²) < 4.78 is 62.4. The van der Waals surface area contributed by atoms with Crippen molar-refractivity contribution >= 4 is 20.2 Å². The van der Waals surface area contributed by atoms with Gasteiger partial charge in [0, 0.05) is 13.1 Å². The van der Waals surface area contributed by atoms with Gasteiger partial charge in [-0.1, -0.05) is 30.3 Å². The molecule has 0 bridgehead atoms. The maximum atomic E-state index is 11.3. The quantitative estimate of drug-likeness (QED) is 0.321. The second kappa shape index (κ2) is 7.38. The summed E-state index contributed by atoms with van der Waals surface area (Å²) in [5.74, 6) is 0. The van der Waals surface area contributed by atoms with Gasteiger partial charge in [0.15, 0.2) is 0 Å². The first kappa shape index (κ1) is 18.5. The molecule has 2 rings (SSSR count). The van der Waals surface area contributed by atoms with E-state index < -0.39 is 20.2 Å². The summed E-state index contributed by atoms with van der Waals surface area (Å²) in [7, 11) is -8.51. The fourth-order valence-electron chi connectivity index (χ4n) is 2.00. The maximum absolute atomic E-state index is 11.3. The molecule has 0 heterocycles. The molecule has 0 saturated carbocycles. The summed E-state index contributed by atoms with van der Waals surface area (Å²) in [5.41, 5.74) is 6.81. The molecular formula is C14H16N2O6S2. The summed E-state index contributed by atoms with van der Waals surface area (Å²) >= 11 is 0. The Bertz CT molecular complexity index is 909. The topological polar surface area (TPSA) is 133 Å². The lowest BCUT2D eigenvalue weighted by Crippen LogP contribution is -2.31. The zero-order valence-electron chi connectivity index (χ0n) is 12.4. The molecule has 8 nitrogen and oxygen atoms in total. The summed E-state index contributed by atoms with van der Waals surface area (Å²) in [6.07, 6.45) is 0. The highest BCUT2D eigenvalue weighted by Crippen LogP contribution is 2.14. The van der Waals surface area contributed by atoms with Crippen molar-refractivity contribution in [3.05, 3.63) is 59.7 Å². The number of rotatable bonds is 7. The van der Waals surface area contributed by atoms with Crippen LogP contribution in [0.25, 0.3) is 0 Å². The van der Waals surface area contributed by atoms with Crippen LogP contribution in [0.15, 0.2) is 58.3 Å². The van der Waals surface area contributed by atoms with Crippen LogP contribution in [0.1, 0.15) is 11.1 Å². The normalized spacial score (nSPS) is 12.2. The van der Waals surface area contributed by atoms with Crippen molar-refractivity contribution in [1.82, 2.24) is 10.9 Å². The van der Waals surface area contributed by atoms with Crippen LogP contribution in [0.4, 0.5) is 0 Å². The molecular weight excluding hydrogens is 356 g/mol.